The molecule has 152 valence electrons. The molecule has 0 aliphatic heterocycles. The zero-order valence-electron chi connectivity index (χ0n) is 15.7. The lowest BCUT2D eigenvalue weighted by molar-refractivity contribution is 0.102. The lowest BCUT2D eigenvalue weighted by Gasteiger charge is -2.09. The van der Waals surface area contributed by atoms with E-state index < -0.39 is 0 Å². The molecule has 0 spiro atoms. The van der Waals surface area contributed by atoms with Crippen LogP contribution in [0.25, 0.3) is 0 Å². The van der Waals surface area contributed by atoms with E-state index in [4.69, 9.17) is 27.9 Å². The number of benzene rings is 2. The minimum absolute atomic E-state index is 0.0613. The van der Waals surface area contributed by atoms with Crippen molar-refractivity contribution in [3.63, 3.8) is 0 Å². The molecule has 0 saturated carbocycles. The third kappa shape index (κ3) is 4.82. The second kappa shape index (κ2) is 9.02. The fourth-order valence-electron chi connectivity index (χ4n) is 2.79. The zero-order chi connectivity index (χ0) is 20.9. The standard InChI is InChI=1S/C21H17Cl2N5O2/c22-17-7-4-8-18(23)20(17)30-14-27-10-9-19(26-27)21(29)25-16-11-24-28(13-16)12-15-5-2-1-3-6-15/h1-11,13H,12,14H2,(H,25,29). The van der Waals surface area contributed by atoms with Gasteiger partial charge in [-0.05, 0) is 23.8 Å². The highest BCUT2D eigenvalue weighted by atomic mass is 35.5. The summed E-state index contributed by atoms with van der Waals surface area (Å²) in [6.07, 6.45) is 5.00. The van der Waals surface area contributed by atoms with E-state index in [1.807, 2.05) is 30.3 Å². The largest absolute Gasteiger partial charge is 0.468 e. The summed E-state index contributed by atoms with van der Waals surface area (Å²) < 4.78 is 8.85. The maximum atomic E-state index is 12.5. The number of aromatic nitrogens is 4. The number of nitrogens with zero attached hydrogens (tertiary/aromatic N) is 4. The van der Waals surface area contributed by atoms with Crippen LogP contribution in [0.15, 0.2) is 73.2 Å². The molecule has 2 aromatic heterocycles. The van der Waals surface area contributed by atoms with Crippen LogP contribution < -0.4 is 10.1 Å². The van der Waals surface area contributed by atoms with Gasteiger partial charge in [-0.15, -0.1) is 0 Å². The molecule has 0 bridgehead atoms. The van der Waals surface area contributed by atoms with Crippen LogP contribution in [-0.4, -0.2) is 25.5 Å². The van der Waals surface area contributed by atoms with E-state index in [2.05, 4.69) is 15.5 Å². The molecule has 4 rings (SSSR count). The Morgan fingerprint density at radius 3 is 2.53 bits per heavy atom. The van der Waals surface area contributed by atoms with Gasteiger partial charge in [-0.25, -0.2) is 4.68 Å². The highest BCUT2D eigenvalue weighted by Gasteiger charge is 2.12. The lowest BCUT2D eigenvalue weighted by atomic mass is 10.2. The van der Waals surface area contributed by atoms with E-state index in [9.17, 15) is 4.79 Å². The predicted molar refractivity (Wildman–Crippen MR) is 115 cm³/mol. The predicted octanol–water partition coefficient (Wildman–Crippen LogP) is 4.72. The Morgan fingerprint density at radius 1 is 1.00 bits per heavy atom. The van der Waals surface area contributed by atoms with Crippen LogP contribution in [0.2, 0.25) is 10.0 Å². The van der Waals surface area contributed by atoms with Gasteiger partial charge in [0.2, 0.25) is 0 Å². The number of halogens is 2. The first kappa shape index (κ1) is 20.0. The molecule has 4 aromatic rings. The average Bonchev–Trinajstić information content (AvgIpc) is 3.38. The molecule has 0 atom stereocenters. The van der Waals surface area contributed by atoms with Crippen molar-refractivity contribution >= 4 is 34.8 Å². The summed E-state index contributed by atoms with van der Waals surface area (Å²) in [5.74, 6) is 0.0250. The Balaban J connectivity index is 1.35. The van der Waals surface area contributed by atoms with Gasteiger partial charge in [0.1, 0.15) is 0 Å². The number of para-hydroxylation sites is 1. The lowest BCUT2D eigenvalue weighted by Crippen LogP contribution is -2.14. The molecule has 30 heavy (non-hydrogen) atoms. The molecule has 2 heterocycles. The molecule has 0 aliphatic carbocycles. The Morgan fingerprint density at radius 2 is 1.77 bits per heavy atom. The molecule has 1 amide bonds. The fourth-order valence-corrected chi connectivity index (χ4v) is 3.29. The van der Waals surface area contributed by atoms with Gasteiger partial charge in [-0.1, -0.05) is 59.6 Å². The fraction of sp³-hybridized carbons (Fsp3) is 0.0952. The van der Waals surface area contributed by atoms with Gasteiger partial charge >= 0.3 is 0 Å². The number of rotatable bonds is 7. The molecule has 2 aromatic carbocycles. The molecular weight excluding hydrogens is 425 g/mol. The summed E-state index contributed by atoms with van der Waals surface area (Å²) in [6.45, 7) is 0.680. The second-order valence-electron chi connectivity index (χ2n) is 6.43. The van der Waals surface area contributed by atoms with Crippen LogP contribution in [0.3, 0.4) is 0 Å². The molecule has 0 unspecified atom stereocenters. The van der Waals surface area contributed by atoms with Crippen LogP contribution in [0.1, 0.15) is 16.1 Å². The summed E-state index contributed by atoms with van der Waals surface area (Å²) in [4.78, 5) is 12.5. The van der Waals surface area contributed by atoms with Crippen molar-refractivity contribution < 1.29 is 9.53 Å². The monoisotopic (exact) mass is 441 g/mol. The summed E-state index contributed by atoms with van der Waals surface area (Å²) in [6, 6.07) is 16.6. The Hall–Kier alpha value is -3.29. The molecular formula is C21H17Cl2N5O2. The Labute approximate surface area is 182 Å². The number of hydrogen-bond acceptors (Lipinski definition) is 4. The first-order valence-corrected chi connectivity index (χ1v) is 9.82. The average molecular weight is 442 g/mol. The molecule has 1 N–H and O–H groups in total. The Bertz CT molecular complexity index is 1140. The minimum Gasteiger partial charge on any atom is -0.468 e. The molecule has 0 radical (unpaired) electrons. The van der Waals surface area contributed by atoms with Crippen LogP contribution in [-0.2, 0) is 13.3 Å². The van der Waals surface area contributed by atoms with Gasteiger partial charge in [-0.2, -0.15) is 10.2 Å². The van der Waals surface area contributed by atoms with Crippen molar-refractivity contribution in [2.45, 2.75) is 13.3 Å². The third-order valence-corrected chi connectivity index (χ3v) is 4.81. The maximum absolute atomic E-state index is 12.5. The van der Waals surface area contributed by atoms with Crippen LogP contribution in [0.5, 0.6) is 5.75 Å². The van der Waals surface area contributed by atoms with Gasteiger partial charge in [-0.3, -0.25) is 9.48 Å². The minimum atomic E-state index is -0.344. The number of carbonyl (C=O) groups is 1. The van der Waals surface area contributed by atoms with Crippen molar-refractivity contribution in [3.05, 3.63) is 94.5 Å². The highest BCUT2D eigenvalue weighted by Crippen LogP contribution is 2.32. The molecule has 7 nitrogen and oxygen atoms in total. The normalized spacial score (nSPS) is 10.7. The van der Waals surface area contributed by atoms with Crippen molar-refractivity contribution in [3.8, 4) is 5.75 Å². The topological polar surface area (TPSA) is 74.0 Å². The van der Waals surface area contributed by atoms with Crippen molar-refractivity contribution in [1.82, 2.24) is 19.6 Å². The van der Waals surface area contributed by atoms with Crippen molar-refractivity contribution in [2.75, 3.05) is 5.32 Å². The van der Waals surface area contributed by atoms with E-state index in [1.165, 1.54) is 4.68 Å². The van der Waals surface area contributed by atoms with E-state index >= 15 is 0 Å². The van der Waals surface area contributed by atoms with Gasteiger partial charge in [0.05, 0.1) is 28.5 Å². The van der Waals surface area contributed by atoms with E-state index in [0.717, 1.165) is 5.56 Å². The number of nitrogens with one attached hydrogen (secondary N) is 1. The van der Waals surface area contributed by atoms with Gasteiger partial charge in [0, 0.05) is 12.4 Å². The Kier molecular flexibility index (Phi) is 6.02. The summed E-state index contributed by atoms with van der Waals surface area (Å²) in [7, 11) is 0. The van der Waals surface area contributed by atoms with Crippen molar-refractivity contribution in [1.29, 1.82) is 0 Å². The van der Waals surface area contributed by atoms with Crippen LogP contribution >= 0.6 is 23.2 Å². The smallest absolute Gasteiger partial charge is 0.276 e. The van der Waals surface area contributed by atoms with Crippen LogP contribution in [0, 0.1) is 0 Å². The molecule has 0 aliphatic rings. The second-order valence-corrected chi connectivity index (χ2v) is 7.25. The van der Waals surface area contributed by atoms with E-state index in [1.54, 1.807) is 47.5 Å². The number of carbonyl (C=O) groups excluding carboxylic acids is 1. The highest BCUT2D eigenvalue weighted by molar-refractivity contribution is 6.37. The first-order chi connectivity index (χ1) is 14.6. The van der Waals surface area contributed by atoms with Crippen LogP contribution in [0.4, 0.5) is 5.69 Å². The molecule has 0 saturated heterocycles. The number of ether oxygens (including phenoxy) is 1. The first-order valence-electron chi connectivity index (χ1n) is 9.06. The van der Waals surface area contributed by atoms with Gasteiger partial charge in [0.15, 0.2) is 18.2 Å². The van der Waals surface area contributed by atoms with Crippen molar-refractivity contribution in [2.24, 2.45) is 0 Å². The number of amides is 1. The van der Waals surface area contributed by atoms with Gasteiger partial charge in [0.25, 0.3) is 5.91 Å². The summed E-state index contributed by atoms with van der Waals surface area (Å²) in [5, 5.41) is 12.1. The number of anilines is 1. The zero-order valence-corrected chi connectivity index (χ0v) is 17.2. The summed E-state index contributed by atoms with van der Waals surface area (Å²) in [5.41, 5.74) is 1.96. The quantitative estimate of drug-likeness (QED) is 0.450. The number of hydrogen-bond donors (Lipinski definition) is 1. The SMILES string of the molecule is O=C(Nc1cnn(Cc2ccccc2)c1)c1ccn(COc2c(Cl)cccc2Cl)n1. The van der Waals surface area contributed by atoms with Gasteiger partial charge < -0.3 is 10.1 Å². The van der Waals surface area contributed by atoms with E-state index in [0.29, 0.717) is 28.0 Å². The van der Waals surface area contributed by atoms with E-state index in [-0.39, 0.29) is 18.3 Å². The third-order valence-electron chi connectivity index (χ3n) is 4.21. The molecule has 0 fully saturated rings. The maximum Gasteiger partial charge on any atom is 0.276 e. The molecule has 9 heteroatoms. The summed E-state index contributed by atoms with van der Waals surface area (Å²) >= 11 is 12.2.